The Morgan fingerprint density at radius 2 is 1.81 bits per heavy atom. The number of carbonyl (C=O) groups is 2. The first-order valence-electron chi connectivity index (χ1n) is 11.6. The summed E-state index contributed by atoms with van der Waals surface area (Å²) in [6.45, 7) is 5.52. The van der Waals surface area contributed by atoms with Gasteiger partial charge in [0.15, 0.2) is 0 Å². The van der Waals surface area contributed by atoms with E-state index >= 15 is 0 Å². The third-order valence-electron chi connectivity index (χ3n) is 5.86. The molecule has 2 N–H and O–H groups in total. The Hall–Kier alpha value is -3.89. The van der Waals surface area contributed by atoms with E-state index in [1.165, 1.54) is 24.4 Å². The number of fused-ring (bicyclic) bond motifs is 1. The van der Waals surface area contributed by atoms with Gasteiger partial charge in [0.2, 0.25) is 5.95 Å². The van der Waals surface area contributed by atoms with Gasteiger partial charge >= 0.3 is 5.97 Å². The first kappa shape index (κ1) is 23.8. The molecule has 36 heavy (non-hydrogen) atoms. The predicted molar refractivity (Wildman–Crippen MR) is 142 cm³/mol. The standard InChI is InChI=1S/C26H26N6O3S/c1-17(33)35-21-9-3-18(4-10-21)15-23-24(34)29-22-16-27-26(30-25(22)36-23)28-19-5-7-20(8-6-19)32-13-11-31(2)12-14-32/h3-10,15-16H,11-14H2,1-2H3,(H,29,34)(H,27,28,30). The maximum absolute atomic E-state index is 12.6. The summed E-state index contributed by atoms with van der Waals surface area (Å²) >= 11 is 1.28. The highest BCUT2D eigenvalue weighted by molar-refractivity contribution is 8.04. The number of hydrogen-bond acceptors (Lipinski definition) is 9. The van der Waals surface area contributed by atoms with Crippen LogP contribution < -0.4 is 20.3 Å². The number of thioether (sulfide) groups is 1. The highest BCUT2D eigenvalue weighted by Gasteiger charge is 2.23. The van der Waals surface area contributed by atoms with Gasteiger partial charge in [0, 0.05) is 44.5 Å². The number of piperazine rings is 1. The summed E-state index contributed by atoms with van der Waals surface area (Å²) in [7, 11) is 2.15. The van der Waals surface area contributed by atoms with Crippen molar-refractivity contribution in [1.29, 1.82) is 0 Å². The maximum atomic E-state index is 12.6. The van der Waals surface area contributed by atoms with Crippen LogP contribution in [0.25, 0.3) is 6.08 Å². The second kappa shape index (κ2) is 10.4. The minimum atomic E-state index is -0.380. The van der Waals surface area contributed by atoms with Crippen LogP contribution in [0.3, 0.4) is 0 Å². The van der Waals surface area contributed by atoms with Crippen LogP contribution >= 0.6 is 11.8 Å². The lowest BCUT2D eigenvalue weighted by Gasteiger charge is -2.34. The molecule has 3 aromatic rings. The van der Waals surface area contributed by atoms with Crippen molar-refractivity contribution in [3.63, 3.8) is 0 Å². The maximum Gasteiger partial charge on any atom is 0.308 e. The minimum absolute atomic E-state index is 0.222. The summed E-state index contributed by atoms with van der Waals surface area (Å²) in [5.41, 5.74) is 3.47. The molecule has 0 saturated carbocycles. The fourth-order valence-corrected chi connectivity index (χ4v) is 4.81. The molecule has 9 nitrogen and oxygen atoms in total. The van der Waals surface area contributed by atoms with Crippen molar-refractivity contribution in [3.8, 4) is 5.75 Å². The van der Waals surface area contributed by atoms with E-state index in [1.807, 2.05) is 12.1 Å². The van der Waals surface area contributed by atoms with Crippen LogP contribution in [0.4, 0.5) is 23.0 Å². The van der Waals surface area contributed by atoms with Crippen LogP contribution in [0.1, 0.15) is 12.5 Å². The van der Waals surface area contributed by atoms with Crippen LogP contribution in [-0.2, 0) is 9.59 Å². The Kier molecular flexibility index (Phi) is 6.88. The zero-order chi connectivity index (χ0) is 25.1. The molecule has 10 heteroatoms. The largest absolute Gasteiger partial charge is 0.427 e. The second-order valence-corrected chi connectivity index (χ2v) is 9.63. The summed E-state index contributed by atoms with van der Waals surface area (Å²) < 4.78 is 5.06. The van der Waals surface area contributed by atoms with Crippen molar-refractivity contribution < 1.29 is 14.3 Å². The van der Waals surface area contributed by atoms with Crippen LogP contribution in [0, 0.1) is 0 Å². The fraction of sp³-hybridized carbons (Fsp3) is 0.231. The Bertz CT molecular complexity index is 1300. The van der Waals surface area contributed by atoms with Gasteiger partial charge in [-0.05, 0) is 55.1 Å². The van der Waals surface area contributed by atoms with Crippen molar-refractivity contribution in [2.45, 2.75) is 11.9 Å². The molecule has 0 radical (unpaired) electrons. The zero-order valence-corrected chi connectivity index (χ0v) is 20.8. The number of amides is 1. The Morgan fingerprint density at radius 1 is 1.08 bits per heavy atom. The average Bonchev–Trinajstić information content (AvgIpc) is 2.87. The first-order valence-corrected chi connectivity index (χ1v) is 12.4. The number of nitrogens with one attached hydrogen (secondary N) is 2. The summed E-state index contributed by atoms with van der Waals surface area (Å²) in [4.78, 5) is 37.9. The van der Waals surface area contributed by atoms with Crippen molar-refractivity contribution >= 4 is 52.7 Å². The second-order valence-electron chi connectivity index (χ2n) is 8.60. The van der Waals surface area contributed by atoms with E-state index in [2.05, 4.69) is 49.6 Å². The Morgan fingerprint density at radius 3 is 2.50 bits per heavy atom. The van der Waals surface area contributed by atoms with Crippen molar-refractivity contribution in [1.82, 2.24) is 14.9 Å². The van der Waals surface area contributed by atoms with Crippen molar-refractivity contribution in [2.24, 2.45) is 0 Å². The van der Waals surface area contributed by atoms with Crippen LogP contribution in [0.2, 0.25) is 0 Å². The smallest absolute Gasteiger partial charge is 0.308 e. The summed E-state index contributed by atoms with van der Waals surface area (Å²) in [6, 6.07) is 15.2. The topological polar surface area (TPSA) is 99.7 Å². The van der Waals surface area contributed by atoms with E-state index in [0.29, 0.717) is 27.3 Å². The number of nitrogens with zero attached hydrogens (tertiary/aromatic N) is 4. The molecule has 184 valence electrons. The summed E-state index contributed by atoms with van der Waals surface area (Å²) in [5, 5.41) is 6.76. The highest BCUT2D eigenvalue weighted by Crippen LogP contribution is 2.38. The van der Waals surface area contributed by atoms with E-state index in [-0.39, 0.29) is 11.9 Å². The SMILES string of the molecule is CC(=O)Oc1ccc(C=C2Sc3nc(Nc4ccc(N5CCN(C)CC5)cc4)ncc3NC2=O)cc1. The molecule has 1 aromatic heterocycles. The van der Waals surface area contributed by atoms with E-state index in [1.54, 1.807) is 36.5 Å². The Labute approximate surface area is 213 Å². The Balaban J connectivity index is 1.27. The number of carbonyl (C=O) groups excluding carboxylic acids is 2. The minimum Gasteiger partial charge on any atom is -0.427 e. The van der Waals surface area contributed by atoms with E-state index in [0.717, 1.165) is 37.4 Å². The van der Waals surface area contributed by atoms with Gasteiger partial charge in [-0.1, -0.05) is 23.9 Å². The van der Waals surface area contributed by atoms with E-state index in [9.17, 15) is 9.59 Å². The molecule has 0 unspecified atom stereocenters. The van der Waals surface area contributed by atoms with Gasteiger partial charge in [0.1, 0.15) is 10.8 Å². The van der Waals surface area contributed by atoms with Gasteiger partial charge < -0.3 is 25.2 Å². The molecule has 2 aromatic carbocycles. The summed E-state index contributed by atoms with van der Waals surface area (Å²) in [5.74, 6) is 0.306. The number of benzene rings is 2. The zero-order valence-electron chi connectivity index (χ0n) is 20.0. The molecule has 0 spiro atoms. The van der Waals surface area contributed by atoms with Gasteiger partial charge in [-0.2, -0.15) is 0 Å². The lowest BCUT2D eigenvalue weighted by molar-refractivity contribution is -0.131. The first-order chi connectivity index (χ1) is 17.4. The number of rotatable bonds is 5. The van der Waals surface area contributed by atoms with Crippen LogP contribution in [-0.4, -0.2) is 60.0 Å². The lowest BCUT2D eigenvalue weighted by atomic mass is 10.2. The molecule has 5 rings (SSSR count). The van der Waals surface area contributed by atoms with Gasteiger partial charge in [-0.3, -0.25) is 9.59 Å². The normalized spacial score (nSPS) is 16.9. The molecule has 0 aliphatic carbocycles. The van der Waals surface area contributed by atoms with Crippen molar-refractivity contribution in [3.05, 3.63) is 65.2 Å². The molecule has 2 aliphatic heterocycles. The monoisotopic (exact) mass is 502 g/mol. The third-order valence-corrected chi connectivity index (χ3v) is 6.89. The van der Waals surface area contributed by atoms with Gasteiger partial charge in [0.25, 0.3) is 5.91 Å². The third kappa shape index (κ3) is 5.67. The number of likely N-dealkylation sites (N-methyl/N-ethyl adjacent to an activating group) is 1. The lowest BCUT2D eigenvalue weighted by Crippen LogP contribution is -2.44. The van der Waals surface area contributed by atoms with Crippen LogP contribution in [0.15, 0.2) is 64.7 Å². The van der Waals surface area contributed by atoms with Gasteiger partial charge in [-0.25, -0.2) is 9.97 Å². The quantitative estimate of drug-likeness (QED) is 0.232. The number of anilines is 4. The van der Waals surface area contributed by atoms with Gasteiger partial charge in [0.05, 0.1) is 16.8 Å². The number of ether oxygens (including phenoxy) is 1. The van der Waals surface area contributed by atoms with E-state index in [4.69, 9.17) is 4.74 Å². The summed E-state index contributed by atoms with van der Waals surface area (Å²) in [6.07, 6.45) is 3.38. The molecule has 2 aliphatic rings. The molecular formula is C26H26N6O3S. The molecule has 1 saturated heterocycles. The molecule has 0 atom stereocenters. The number of hydrogen-bond donors (Lipinski definition) is 2. The molecular weight excluding hydrogens is 476 g/mol. The molecule has 1 fully saturated rings. The predicted octanol–water partition coefficient (Wildman–Crippen LogP) is 3.98. The number of esters is 1. The molecule has 3 heterocycles. The van der Waals surface area contributed by atoms with E-state index < -0.39 is 0 Å². The van der Waals surface area contributed by atoms with Gasteiger partial charge in [-0.15, -0.1) is 0 Å². The van der Waals surface area contributed by atoms with Crippen LogP contribution in [0.5, 0.6) is 5.75 Å². The number of aromatic nitrogens is 2. The molecule has 1 amide bonds. The molecule has 0 bridgehead atoms. The van der Waals surface area contributed by atoms with Crippen molar-refractivity contribution in [2.75, 3.05) is 48.8 Å². The fourth-order valence-electron chi connectivity index (χ4n) is 3.92. The average molecular weight is 503 g/mol. The highest BCUT2D eigenvalue weighted by atomic mass is 32.2.